The van der Waals surface area contributed by atoms with Crippen molar-refractivity contribution in [3.05, 3.63) is 66.0 Å². The number of rotatable bonds is 10. The first-order chi connectivity index (χ1) is 16.0. The van der Waals surface area contributed by atoms with Crippen LogP contribution in [0.15, 0.2) is 54.7 Å². The summed E-state index contributed by atoms with van der Waals surface area (Å²) in [4.78, 5) is 24.9. The first kappa shape index (κ1) is 23.6. The van der Waals surface area contributed by atoms with E-state index in [-0.39, 0.29) is 36.6 Å². The second kappa shape index (κ2) is 11.0. The van der Waals surface area contributed by atoms with Gasteiger partial charge in [-0.2, -0.15) is 5.10 Å². The lowest BCUT2D eigenvalue weighted by molar-refractivity contribution is -0.123. The molecule has 1 aromatic heterocycles. The molecule has 1 unspecified atom stereocenters. The molecule has 0 saturated carbocycles. The van der Waals surface area contributed by atoms with E-state index in [1.54, 1.807) is 45.5 Å². The fourth-order valence-corrected chi connectivity index (χ4v) is 3.20. The highest BCUT2D eigenvalue weighted by atomic mass is 16.5. The Morgan fingerprint density at radius 1 is 1.06 bits per heavy atom. The van der Waals surface area contributed by atoms with E-state index in [4.69, 9.17) is 18.9 Å². The standard InChI is InChI=1S/C24H27N3O6/c1-5-32-24(29)23-21(14-27(26-23)17-9-7-6-8-10-17)33-15-22(28)25-16(2)19-13-18(30-3)11-12-20(19)31-4/h6-14,16H,5,15H2,1-4H3,(H,25,28). The number of methoxy groups -OCH3 is 2. The van der Waals surface area contributed by atoms with Gasteiger partial charge in [0.15, 0.2) is 12.4 Å². The molecular weight excluding hydrogens is 426 g/mol. The maximum absolute atomic E-state index is 12.6. The Balaban J connectivity index is 1.73. The third-order valence-corrected chi connectivity index (χ3v) is 4.81. The number of benzene rings is 2. The molecule has 3 rings (SSSR count). The number of carbonyl (C=O) groups is 2. The van der Waals surface area contributed by atoms with Crippen LogP contribution in [0.5, 0.6) is 17.2 Å². The molecule has 0 saturated heterocycles. The SMILES string of the molecule is CCOC(=O)c1nn(-c2ccccc2)cc1OCC(=O)NC(C)c1cc(OC)ccc1OC. The number of esters is 1. The van der Waals surface area contributed by atoms with Crippen LogP contribution in [-0.4, -0.2) is 49.1 Å². The van der Waals surface area contributed by atoms with Gasteiger partial charge < -0.3 is 24.3 Å². The van der Waals surface area contributed by atoms with Crippen LogP contribution < -0.4 is 19.5 Å². The van der Waals surface area contributed by atoms with Crippen LogP contribution in [0.2, 0.25) is 0 Å². The molecule has 9 nitrogen and oxygen atoms in total. The minimum atomic E-state index is -0.628. The second-order valence-electron chi connectivity index (χ2n) is 7.03. The normalized spacial score (nSPS) is 11.4. The Kier molecular flexibility index (Phi) is 7.91. The van der Waals surface area contributed by atoms with Crippen molar-refractivity contribution in [2.24, 2.45) is 0 Å². The number of aromatic nitrogens is 2. The summed E-state index contributed by atoms with van der Waals surface area (Å²) in [6, 6.07) is 14.2. The lowest BCUT2D eigenvalue weighted by atomic mass is 10.1. The topological polar surface area (TPSA) is 101 Å². The molecule has 1 heterocycles. The zero-order chi connectivity index (χ0) is 23.8. The third-order valence-electron chi connectivity index (χ3n) is 4.81. The number of nitrogens with zero attached hydrogens (tertiary/aromatic N) is 2. The predicted molar refractivity (Wildman–Crippen MR) is 121 cm³/mol. The largest absolute Gasteiger partial charge is 0.497 e. The van der Waals surface area contributed by atoms with Gasteiger partial charge in [0.2, 0.25) is 5.69 Å². The highest BCUT2D eigenvalue weighted by Gasteiger charge is 2.22. The Bertz CT molecular complexity index is 1100. The summed E-state index contributed by atoms with van der Waals surface area (Å²) in [6.07, 6.45) is 1.55. The molecule has 1 N–H and O–H groups in total. The van der Waals surface area contributed by atoms with Crippen molar-refractivity contribution in [3.63, 3.8) is 0 Å². The fourth-order valence-electron chi connectivity index (χ4n) is 3.20. The van der Waals surface area contributed by atoms with Crippen LogP contribution in [0.1, 0.15) is 35.9 Å². The van der Waals surface area contributed by atoms with Crippen LogP contribution in [0, 0.1) is 0 Å². The van der Waals surface area contributed by atoms with Crippen molar-refractivity contribution in [3.8, 4) is 22.9 Å². The number of hydrogen-bond acceptors (Lipinski definition) is 7. The van der Waals surface area contributed by atoms with Crippen molar-refractivity contribution >= 4 is 11.9 Å². The molecule has 0 aliphatic rings. The smallest absolute Gasteiger partial charge is 0.362 e. The van der Waals surface area contributed by atoms with Gasteiger partial charge in [-0.25, -0.2) is 9.48 Å². The van der Waals surface area contributed by atoms with Crippen LogP contribution in [-0.2, 0) is 9.53 Å². The van der Waals surface area contributed by atoms with Crippen LogP contribution in [0.3, 0.4) is 0 Å². The predicted octanol–water partition coefficient (Wildman–Crippen LogP) is 3.32. The number of carbonyl (C=O) groups excluding carboxylic acids is 2. The maximum atomic E-state index is 12.6. The zero-order valence-corrected chi connectivity index (χ0v) is 19.0. The average Bonchev–Trinajstić information content (AvgIpc) is 3.27. The monoisotopic (exact) mass is 453 g/mol. The van der Waals surface area contributed by atoms with E-state index < -0.39 is 5.97 Å². The third kappa shape index (κ3) is 5.82. The first-order valence-corrected chi connectivity index (χ1v) is 10.4. The summed E-state index contributed by atoms with van der Waals surface area (Å²) in [6.45, 7) is 3.40. The highest BCUT2D eigenvalue weighted by Crippen LogP contribution is 2.29. The van der Waals surface area contributed by atoms with Gasteiger partial charge in [-0.3, -0.25) is 4.79 Å². The number of nitrogens with one attached hydrogen (secondary N) is 1. The molecule has 1 amide bonds. The molecular formula is C24H27N3O6. The maximum Gasteiger partial charge on any atom is 0.362 e. The van der Waals surface area contributed by atoms with Crippen molar-refractivity contribution in [1.82, 2.24) is 15.1 Å². The molecule has 9 heteroatoms. The van der Waals surface area contributed by atoms with Gasteiger partial charge in [0.1, 0.15) is 11.5 Å². The van der Waals surface area contributed by atoms with E-state index in [2.05, 4.69) is 10.4 Å². The highest BCUT2D eigenvalue weighted by molar-refractivity contribution is 5.90. The molecule has 174 valence electrons. The molecule has 33 heavy (non-hydrogen) atoms. The van der Waals surface area contributed by atoms with E-state index >= 15 is 0 Å². The molecule has 0 aliphatic carbocycles. The summed E-state index contributed by atoms with van der Waals surface area (Å²) in [5.41, 5.74) is 1.49. The number of hydrogen-bond donors (Lipinski definition) is 1. The summed E-state index contributed by atoms with van der Waals surface area (Å²) in [7, 11) is 3.13. The summed E-state index contributed by atoms with van der Waals surface area (Å²) < 4.78 is 22.9. The van der Waals surface area contributed by atoms with E-state index in [9.17, 15) is 9.59 Å². The second-order valence-corrected chi connectivity index (χ2v) is 7.03. The van der Waals surface area contributed by atoms with E-state index in [1.807, 2.05) is 37.3 Å². The van der Waals surface area contributed by atoms with Gasteiger partial charge in [-0.15, -0.1) is 0 Å². The molecule has 3 aromatic rings. The van der Waals surface area contributed by atoms with Gasteiger partial charge in [0.05, 0.1) is 38.8 Å². The Hall–Kier alpha value is -4.01. The van der Waals surface area contributed by atoms with E-state index in [0.29, 0.717) is 11.5 Å². The first-order valence-electron chi connectivity index (χ1n) is 10.4. The number of para-hydroxylation sites is 1. The quantitative estimate of drug-likeness (QED) is 0.470. The zero-order valence-electron chi connectivity index (χ0n) is 19.0. The Morgan fingerprint density at radius 2 is 1.82 bits per heavy atom. The van der Waals surface area contributed by atoms with Gasteiger partial charge >= 0.3 is 5.97 Å². The molecule has 0 radical (unpaired) electrons. The van der Waals surface area contributed by atoms with Gasteiger partial charge in [0.25, 0.3) is 5.91 Å². The molecule has 0 spiro atoms. The number of amides is 1. The van der Waals surface area contributed by atoms with Crippen molar-refractivity contribution in [2.75, 3.05) is 27.4 Å². The Labute approximate surface area is 192 Å². The van der Waals surface area contributed by atoms with Gasteiger partial charge in [-0.05, 0) is 44.2 Å². The van der Waals surface area contributed by atoms with Gasteiger partial charge in [0, 0.05) is 5.56 Å². The van der Waals surface area contributed by atoms with Crippen LogP contribution in [0.25, 0.3) is 5.69 Å². The summed E-state index contributed by atoms with van der Waals surface area (Å²) >= 11 is 0. The van der Waals surface area contributed by atoms with Gasteiger partial charge in [-0.1, -0.05) is 18.2 Å². The minimum Gasteiger partial charge on any atom is -0.497 e. The lowest BCUT2D eigenvalue weighted by Crippen LogP contribution is -2.31. The van der Waals surface area contributed by atoms with Crippen molar-refractivity contribution in [2.45, 2.75) is 19.9 Å². The van der Waals surface area contributed by atoms with Crippen LogP contribution in [0.4, 0.5) is 0 Å². The summed E-state index contributed by atoms with van der Waals surface area (Å²) in [5, 5.41) is 7.14. The average molecular weight is 453 g/mol. The van der Waals surface area contributed by atoms with Crippen molar-refractivity contribution in [1.29, 1.82) is 0 Å². The Morgan fingerprint density at radius 3 is 2.48 bits per heavy atom. The minimum absolute atomic E-state index is 0.00369. The molecule has 0 aliphatic heterocycles. The molecule has 0 bridgehead atoms. The molecule has 0 fully saturated rings. The fraction of sp³-hybridized carbons (Fsp3) is 0.292. The van der Waals surface area contributed by atoms with Crippen LogP contribution >= 0.6 is 0 Å². The van der Waals surface area contributed by atoms with Crippen molar-refractivity contribution < 1.29 is 28.5 Å². The summed E-state index contributed by atoms with van der Waals surface area (Å²) in [5.74, 6) is 0.416. The number of ether oxygens (including phenoxy) is 4. The lowest BCUT2D eigenvalue weighted by Gasteiger charge is -2.18. The van der Waals surface area contributed by atoms with E-state index in [0.717, 1.165) is 11.3 Å². The molecule has 2 aromatic carbocycles. The molecule has 1 atom stereocenters. The van der Waals surface area contributed by atoms with E-state index in [1.165, 1.54) is 4.68 Å².